The number of ether oxygens (including phenoxy) is 1. The molecule has 2 aromatic rings. The molecule has 3 rings (SSSR count). The lowest BCUT2D eigenvalue weighted by Crippen LogP contribution is -2.37. The molecular weight excluding hydrogens is 288 g/mol. The molecule has 120 valence electrons. The molecule has 1 aromatic heterocycles. The summed E-state index contributed by atoms with van der Waals surface area (Å²) in [6, 6.07) is 12.0. The number of para-hydroxylation sites is 1. The topological polar surface area (TPSA) is 42.4 Å². The van der Waals surface area contributed by atoms with Gasteiger partial charge in [0.25, 0.3) is 0 Å². The monoisotopic (exact) mass is 310 g/mol. The van der Waals surface area contributed by atoms with Gasteiger partial charge in [0.15, 0.2) is 0 Å². The summed E-state index contributed by atoms with van der Waals surface area (Å²) in [6.45, 7) is 6.31. The Morgan fingerprint density at radius 2 is 1.96 bits per heavy atom. The standard InChI is InChI=1S/C19H22N2O2/c1-19(2,3)23-18(22)21-13-7-6-10-17(21)16-12-11-14-8-4-5-9-15(14)20-16/h4-5,8-12H,6-7,13H2,1-3H3. The summed E-state index contributed by atoms with van der Waals surface area (Å²) in [7, 11) is 0. The number of hydrogen-bond donors (Lipinski definition) is 0. The number of aromatic nitrogens is 1. The highest BCUT2D eigenvalue weighted by molar-refractivity contribution is 5.85. The third kappa shape index (κ3) is 3.52. The van der Waals surface area contributed by atoms with Crippen LogP contribution >= 0.6 is 0 Å². The molecule has 0 unspecified atom stereocenters. The van der Waals surface area contributed by atoms with Crippen molar-refractivity contribution in [2.45, 2.75) is 39.2 Å². The summed E-state index contributed by atoms with van der Waals surface area (Å²) >= 11 is 0. The van der Waals surface area contributed by atoms with Gasteiger partial charge in [-0.25, -0.2) is 9.78 Å². The molecular formula is C19H22N2O2. The zero-order valence-corrected chi connectivity index (χ0v) is 13.9. The predicted octanol–water partition coefficient (Wildman–Crippen LogP) is 4.61. The quantitative estimate of drug-likeness (QED) is 0.772. The molecule has 1 amide bonds. The van der Waals surface area contributed by atoms with Crippen LogP contribution < -0.4 is 0 Å². The molecule has 1 aromatic carbocycles. The zero-order chi connectivity index (χ0) is 16.4. The first-order valence-electron chi connectivity index (χ1n) is 8.01. The predicted molar refractivity (Wildman–Crippen MR) is 91.9 cm³/mol. The molecule has 2 heterocycles. The molecule has 0 bridgehead atoms. The van der Waals surface area contributed by atoms with Crippen molar-refractivity contribution in [2.24, 2.45) is 0 Å². The highest BCUT2D eigenvalue weighted by Crippen LogP contribution is 2.27. The van der Waals surface area contributed by atoms with Gasteiger partial charge in [0.1, 0.15) is 5.60 Å². The van der Waals surface area contributed by atoms with E-state index in [1.807, 2.05) is 57.2 Å². The number of nitrogens with zero attached hydrogens (tertiary/aromatic N) is 2. The van der Waals surface area contributed by atoms with Gasteiger partial charge in [-0.2, -0.15) is 0 Å². The second kappa shape index (κ2) is 6.03. The molecule has 23 heavy (non-hydrogen) atoms. The molecule has 0 radical (unpaired) electrons. The number of allylic oxidation sites excluding steroid dienone is 1. The average Bonchev–Trinajstić information content (AvgIpc) is 2.53. The third-order valence-corrected chi connectivity index (χ3v) is 3.69. The maximum Gasteiger partial charge on any atom is 0.414 e. The van der Waals surface area contributed by atoms with Crippen molar-refractivity contribution in [3.63, 3.8) is 0 Å². The van der Waals surface area contributed by atoms with Crippen molar-refractivity contribution in [1.82, 2.24) is 9.88 Å². The second-order valence-electron chi connectivity index (χ2n) is 6.75. The van der Waals surface area contributed by atoms with E-state index < -0.39 is 5.60 Å². The fraction of sp³-hybridized carbons (Fsp3) is 0.368. The van der Waals surface area contributed by atoms with Gasteiger partial charge in [0.05, 0.1) is 16.9 Å². The number of fused-ring (bicyclic) bond motifs is 1. The summed E-state index contributed by atoms with van der Waals surface area (Å²) in [4.78, 5) is 18.9. The van der Waals surface area contributed by atoms with Crippen molar-refractivity contribution < 1.29 is 9.53 Å². The van der Waals surface area contributed by atoms with Crippen molar-refractivity contribution in [3.05, 3.63) is 48.2 Å². The SMILES string of the molecule is CC(C)(C)OC(=O)N1CCCC=C1c1ccc2ccccc2n1. The van der Waals surface area contributed by atoms with Gasteiger partial charge >= 0.3 is 6.09 Å². The lowest BCUT2D eigenvalue weighted by Gasteiger charge is -2.31. The fourth-order valence-electron chi connectivity index (χ4n) is 2.68. The Balaban J connectivity index is 1.94. The number of rotatable bonds is 1. The number of amides is 1. The maximum absolute atomic E-state index is 12.5. The molecule has 0 aliphatic carbocycles. The molecule has 0 spiro atoms. The molecule has 4 nitrogen and oxygen atoms in total. The summed E-state index contributed by atoms with van der Waals surface area (Å²) in [5, 5.41) is 1.09. The van der Waals surface area contributed by atoms with E-state index in [0.717, 1.165) is 35.1 Å². The number of carbonyl (C=O) groups is 1. The van der Waals surface area contributed by atoms with Crippen molar-refractivity contribution in [3.8, 4) is 0 Å². The second-order valence-corrected chi connectivity index (χ2v) is 6.75. The van der Waals surface area contributed by atoms with Crippen LogP contribution in [0.2, 0.25) is 0 Å². The van der Waals surface area contributed by atoms with Gasteiger partial charge in [-0.15, -0.1) is 0 Å². The van der Waals surface area contributed by atoms with E-state index in [9.17, 15) is 4.79 Å². The molecule has 0 fully saturated rings. The Kier molecular flexibility index (Phi) is 4.07. The molecule has 1 aliphatic heterocycles. The number of pyridine rings is 1. The van der Waals surface area contributed by atoms with Crippen LogP contribution in [0.1, 0.15) is 39.3 Å². The average molecular weight is 310 g/mol. The first-order valence-corrected chi connectivity index (χ1v) is 8.01. The Morgan fingerprint density at radius 1 is 1.17 bits per heavy atom. The Labute approximate surface area is 136 Å². The van der Waals surface area contributed by atoms with Crippen LogP contribution in [0.4, 0.5) is 4.79 Å². The lowest BCUT2D eigenvalue weighted by molar-refractivity contribution is 0.0346. The molecule has 1 aliphatic rings. The Bertz CT molecular complexity index is 759. The molecule has 0 atom stereocenters. The van der Waals surface area contributed by atoms with E-state index >= 15 is 0 Å². The fourth-order valence-corrected chi connectivity index (χ4v) is 2.68. The summed E-state index contributed by atoms with van der Waals surface area (Å²) < 4.78 is 5.53. The summed E-state index contributed by atoms with van der Waals surface area (Å²) in [6.07, 6.45) is 3.66. The van der Waals surface area contributed by atoms with E-state index in [0.29, 0.717) is 6.54 Å². The minimum Gasteiger partial charge on any atom is -0.443 e. The van der Waals surface area contributed by atoms with Gasteiger partial charge in [-0.1, -0.05) is 30.3 Å². The highest BCUT2D eigenvalue weighted by Gasteiger charge is 2.27. The maximum atomic E-state index is 12.5. The number of benzene rings is 1. The Hall–Kier alpha value is -2.36. The van der Waals surface area contributed by atoms with E-state index in [1.54, 1.807) is 4.90 Å². The van der Waals surface area contributed by atoms with Crippen molar-refractivity contribution in [1.29, 1.82) is 0 Å². The smallest absolute Gasteiger partial charge is 0.414 e. The van der Waals surface area contributed by atoms with Crippen LogP contribution in [0.5, 0.6) is 0 Å². The lowest BCUT2D eigenvalue weighted by atomic mass is 10.1. The summed E-state index contributed by atoms with van der Waals surface area (Å²) in [5.41, 5.74) is 2.09. The zero-order valence-electron chi connectivity index (χ0n) is 13.9. The van der Waals surface area contributed by atoms with Gasteiger partial charge < -0.3 is 4.74 Å². The largest absolute Gasteiger partial charge is 0.443 e. The number of carbonyl (C=O) groups excluding carboxylic acids is 1. The summed E-state index contributed by atoms with van der Waals surface area (Å²) in [5.74, 6) is 0. The van der Waals surface area contributed by atoms with Crippen LogP contribution in [-0.2, 0) is 4.74 Å². The minimum absolute atomic E-state index is 0.307. The van der Waals surface area contributed by atoms with E-state index in [4.69, 9.17) is 9.72 Å². The van der Waals surface area contributed by atoms with Gasteiger partial charge in [0, 0.05) is 11.9 Å². The van der Waals surface area contributed by atoms with E-state index in [1.165, 1.54) is 0 Å². The normalized spacial score (nSPS) is 15.4. The molecule has 0 N–H and O–H groups in total. The number of hydrogen-bond acceptors (Lipinski definition) is 3. The minimum atomic E-state index is -0.504. The van der Waals surface area contributed by atoms with Crippen LogP contribution in [0, 0.1) is 0 Å². The van der Waals surface area contributed by atoms with Gasteiger partial charge in [-0.05, 0) is 45.7 Å². The molecule has 0 saturated heterocycles. The first-order chi connectivity index (χ1) is 10.9. The molecule has 4 heteroatoms. The van der Waals surface area contributed by atoms with Crippen LogP contribution in [0.15, 0.2) is 42.5 Å². The van der Waals surface area contributed by atoms with Crippen LogP contribution in [-0.4, -0.2) is 28.1 Å². The van der Waals surface area contributed by atoms with E-state index in [2.05, 4.69) is 6.08 Å². The highest BCUT2D eigenvalue weighted by atomic mass is 16.6. The first kappa shape index (κ1) is 15.5. The van der Waals surface area contributed by atoms with Crippen molar-refractivity contribution >= 4 is 22.7 Å². The van der Waals surface area contributed by atoms with Gasteiger partial charge in [0.2, 0.25) is 0 Å². The van der Waals surface area contributed by atoms with Crippen LogP contribution in [0.3, 0.4) is 0 Å². The van der Waals surface area contributed by atoms with E-state index in [-0.39, 0.29) is 6.09 Å². The van der Waals surface area contributed by atoms with Gasteiger partial charge in [-0.3, -0.25) is 4.90 Å². The Morgan fingerprint density at radius 3 is 2.74 bits per heavy atom. The van der Waals surface area contributed by atoms with Crippen LogP contribution in [0.25, 0.3) is 16.6 Å². The van der Waals surface area contributed by atoms with Crippen molar-refractivity contribution in [2.75, 3.05) is 6.54 Å². The third-order valence-electron chi connectivity index (χ3n) is 3.69. The molecule has 0 saturated carbocycles.